The number of fused-ring (bicyclic) bond motifs is 1. The van der Waals surface area contributed by atoms with E-state index in [0.29, 0.717) is 6.04 Å². The third kappa shape index (κ3) is 2.76. The summed E-state index contributed by atoms with van der Waals surface area (Å²) in [5, 5.41) is 0. The van der Waals surface area contributed by atoms with Crippen molar-refractivity contribution in [2.24, 2.45) is 5.73 Å². The molecule has 0 aromatic heterocycles. The van der Waals surface area contributed by atoms with Gasteiger partial charge < -0.3 is 10.6 Å². The van der Waals surface area contributed by atoms with E-state index >= 15 is 0 Å². The van der Waals surface area contributed by atoms with Crippen molar-refractivity contribution in [3.8, 4) is 0 Å². The summed E-state index contributed by atoms with van der Waals surface area (Å²) >= 11 is 0. The van der Waals surface area contributed by atoms with Gasteiger partial charge in [0, 0.05) is 24.8 Å². The Morgan fingerprint density at radius 3 is 3.00 bits per heavy atom. The second-order valence-electron chi connectivity index (χ2n) is 4.84. The molecule has 1 aromatic carbocycles. The fraction of sp³-hybridized carbons (Fsp3) is 0.571. The molecule has 2 nitrogen and oxygen atoms in total. The molecular formula is C14H22N2. The Morgan fingerprint density at radius 2 is 2.19 bits per heavy atom. The van der Waals surface area contributed by atoms with Crippen LogP contribution in [0.4, 0.5) is 5.69 Å². The number of hydrogen-bond donors (Lipinski definition) is 1. The molecule has 2 rings (SSSR count). The molecule has 1 heterocycles. The second kappa shape index (κ2) is 5.35. The normalized spacial score (nSPS) is 17.0. The van der Waals surface area contributed by atoms with Crippen LogP contribution < -0.4 is 10.6 Å². The van der Waals surface area contributed by atoms with Gasteiger partial charge in [-0.05, 0) is 44.2 Å². The number of rotatable bonds is 4. The summed E-state index contributed by atoms with van der Waals surface area (Å²) in [4.78, 5) is 2.52. The molecule has 1 aliphatic rings. The lowest BCUT2D eigenvalue weighted by Crippen LogP contribution is -2.31. The first-order valence-corrected chi connectivity index (χ1v) is 6.36. The van der Waals surface area contributed by atoms with Crippen LogP contribution >= 0.6 is 0 Å². The number of benzene rings is 1. The van der Waals surface area contributed by atoms with Gasteiger partial charge in [-0.1, -0.05) is 18.2 Å². The van der Waals surface area contributed by atoms with Crippen LogP contribution in [0.1, 0.15) is 31.7 Å². The van der Waals surface area contributed by atoms with Crippen molar-refractivity contribution < 1.29 is 0 Å². The van der Waals surface area contributed by atoms with E-state index in [1.807, 2.05) is 0 Å². The first-order valence-electron chi connectivity index (χ1n) is 6.36. The van der Waals surface area contributed by atoms with Gasteiger partial charge in [0.1, 0.15) is 0 Å². The highest BCUT2D eigenvalue weighted by molar-refractivity contribution is 5.55. The van der Waals surface area contributed by atoms with Crippen molar-refractivity contribution in [3.63, 3.8) is 0 Å². The topological polar surface area (TPSA) is 29.3 Å². The maximum Gasteiger partial charge on any atom is 0.0398 e. The number of nitrogens with zero attached hydrogens (tertiary/aromatic N) is 1. The minimum Gasteiger partial charge on any atom is -0.371 e. The summed E-state index contributed by atoms with van der Waals surface area (Å²) in [6.07, 6.45) is 4.85. The predicted octanol–water partition coefficient (Wildman–Crippen LogP) is 2.57. The molecule has 1 atom stereocenters. The van der Waals surface area contributed by atoms with E-state index in [9.17, 15) is 0 Å². The summed E-state index contributed by atoms with van der Waals surface area (Å²) in [6.45, 7) is 4.44. The van der Waals surface area contributed by atoms with Crippen LogP contribution in [-0.4, -0.2) is 19.1 Å². The van der Waals surface area contributed by atoms with Crippen molar-refractivity contribution in [2.75, 3.05) is 18.0 Å². The van der Waals surface area contributed by atoms with Gasteiger partial charge in [0.2, 0.25) is 0 Å². The third-order valence-corrected chi connectivity index (χ3v) is 3.29. The zero-order valence-electron chi connectivity index (χ0n) is 10.2. The number of anilines is 1. The van der Waals surface area contributed by atoms with E-state index in [1.165, 1.54) is 37.1 Å². The highest BCUT2D eigenvalue weighted by Gasteiger charge is 2.15. The lowest BCUT2D eigenvalue weighted by molar-refractivity contribution is 0.594. The lowest BCUT2D eigenvalue weighted by Gasteiger charge is -2.31. The van der Waals surface area contributed by atoms with Gasteiger partial charge in [-0.25, -0.2) is 0 Å². The Morgan fingerprint density at radius 1 is 1.38 bits per heavy atom. The van der Waals surface area contributed by atoms with E-state index in [4.69, 9.17) is 5.73 Å². The molecule has 0 radical (unpaired) electrons. The van der Waals surface area contributed by atoms with Crippen LogP contribution in [0.5, 0.6) is 0 Å². The van der Waals surface area contributed by atoms with Gasteiger partial charge in [-0.2, -0.15) is 0 Å². The standard InChI is InChI=1S/C14H22N2/c1-12(15)6-4-10-16-11-5-8-13-7-2-3-9-14(13)16/h2-3,7,9,12H,4-6,8,10-11,15H2,1H3. The number of aryl methyl sites for hydroxylation is 1. The van der Waals surface area contributed by atoms with Crippen LogP contribution in [0.25, 0.3) is 0 Å². The highest BCUT2D eigenvalue weighted by atomic mass is 15.1. The minimum atomic E-state index is 0.333. The molecule has 2 heteroatoms. The van der Waals surface area contributed by atoms with Gasteiger partial charge in [0.25, 0.3) is 0 Å². The quantitative estimate of drug-likeness (QED) is 0.841. The summed E-state index contributed by atoms with van der Waals surface area (Å²) < 4.78 is 0. The highest BCUT2D eigenvalue weighted by Crippen LogP contribution is 2.26. The number of para-hydroxylation sites is 1. The fourth-order valence-electron chi connectivity index (χ4n) is 2.45. The molecule has 0 spiro atoms. The zero-order chi connectivity index (χ0) is 11.4. The average Bonchev–Trinajstić information content (AvgIpc) is 2.29. The monoisotopic (exact) mass is 218 g/mol. The van der Waals surface area contributed by atoms with Gasteiger partial charge in [0.05, 0.1) is 0 Å². The molecule has 16 heavy (non-hydrogen) atoms. The van der Waals surface area contributed by atoms with Crippen LogP contribution in [0.2, 0.25) is 0 Å². The van der Waals surface area contributed by atoms with Crippen LogP contribution in [-0.2, 0) is 6.42 Å². The van der Waals surface area contributed by atoms with Crippen molar-refractivity contribution >= 4 is 5.69 Å². The number of nitrogens with two attached hydrogens (primary N) is 1. The van der Waals surface area contributed by atoms with Crippen molar-refractivity contribution in [1.29, 1.82) is 0 Å². The largest absolute Gasteiger partial charge is 0.371 e. The van der Waals surface area contributed by atoms with Crippen LogP contribution in [0, 0.1) is 0 Å². The molecule has 0 fully saturated rings. The minimum absolute atomic E-state index is 0.333. The molecule has 1 unspecified atom stereocenters. The Hall–Kier alpha value is -1.02. The molecule has 0 saturated carbocycles. The molecular weight excluding hydrogens is 196 g/mol. The molecule has 0 amide bonds. The summed E-state index contributed by atoms with van der Waals surface area (Å²) in [6, 6.07) is 9.13. The van der Waals surface area contributed by atoms with E-state index < -0.39 is 0 Å². The van der Waals surface area contributed by atoms with Crippen molar-refractivity contribution in [2.45, 2.75) is 38.6 Å². The summed E-state index contributed by atoms with van der Waals surface area (Å²) in [5.74, 6) is 0. The SMILES string of the molecule is CC(N)CCCN1CCCc2ccccc21. The van der Waals surface area contributed by atoms with Gasteiger partial charge in [0.15, 0.2) is 0 Å². The smallest absolute Gasteiger partial charge is 0.0398 e. The Labute approximate surface area is 98.4 Å². The van der Waals surface area contributed by atoms with E-state index in [-0.39, 0.29) is 0 Å². The first-order chi connectivity index (χ1) is 7.77. The fourth-order valence-corrected chi connectivity index (χ4v) is 2.45. The van der Waals surface area contributed by atoms with Crippen molar-refractivity contribution in [1.82, 2.24) is 0 Å². The molecule has 0 saturated heterocycles. The molecule has 0 bridgehead atoms. The average molecular weight is 218 g/mol. The predicted molar refractivity (Wildman–Crippen MR) is 69.9 cm³/mol. The molecule has 1 aromatic rings. The molecule has 2 N–H and O–H groups in total. The van der Waals surface area contributed by atoms with Crippen LogP contribution in [0.3, 0.4) is 0 Å². The van der Waals surface area contributed by atoms with E-state index in [1.54, 1.807) is 0 Å². The summed E-state index contributed by atoms with van der Waals surface area (Å²) in [5.41, 5.74) is 8.74. The van der Waals surface area contributed by atoms with E-state index in [2.05, 4.69) is 36.1 Å². The van der Waals surface area contributed by atoms with E-state index in [0.717, 1.165) is 13.0 Å². The zero-order valence-corrected chi connectivity index (χ0v) is 10.2. The Kier molecular flexibility index (Phi) is 3.83. The first kappa shape index (κ1) is 11.5. The molecule has 0 aliphatic carbocycles. The lowest BCUT2D eigenvalue weighted by atomic mass is 10.0. The van der Waals surface area contributed by atoms with Gasteiger partial charge in [-0.15, -0.1) is 0 Å². The maximum atomic E-state index is 5.78. The third-order valence-electron chi connectivity index (χ3n) is 3.29. The molecule has 88 valence electrons. The van der Waals surface area contributed by atoms with Crippen LogP contribution in [0.15, 0.2) is 24.3 Å². The Bertz CT molecular complexity index is 333. The second-order valence-corrected chi connectivity index (χ2v) is 4.84. The summed E-state index contributed by atoms with van der Waals surface area (Å²) in [7, 11) is 0. The van der Waals surface area contributed by atoms with Gasteiger partial charge >= 0.3 is 0 Å². The van der Waals surface area contributed by atoms with Crippen molar-refractivity contribution in [3.05, 3.63) is 29.8 Å². The Balaban J connectivity index is 1.96. The maximum absolute atomic E-state index is 5.78. The number of hydrogen-bond acceptors (Lipinski definition) is 2. The van der Waals surface area contributed by atoms with Gasteiger partial charge in [-0.3, -0.25) is 0 Å². The molecule has 1 aliphatic heterocycles.